The SMILES string of the molecule is CCS(=O)(=O)Nc1ccc(NC(=O)NC(C)c2cccc(C(F)(F)F)c2)cc1OC. The molecule has 30 heavy (non-hydrogen) atoms. The van der Waals surface area contributed by atoms with Crippen LogP contribution in [0.4, 0.5) is 29.3 Å². The number of anilines is 2. The summed E-state index contributed by atoms with van der Waals surface area (Å²) in [7, 11) is -2.17. The minimum atomic E-state index is -4.48. The normalized spacial score (nSPS) is 12.7. The number of carbonyl (C=O) groups is 1. The van der Waals surface area contributed by atoms with Gasteiger partial charge in [-0.05, 0) is 43.7 Å². The van der Waals surface area contributed by atoms with E-state index in [0.717, 1.165) is 12.1 Å². The Hall–Kier alpha value is -2.95. The maximum Gasteiger partial charge on any atom is 0.416 e. The molecule has 0 spiro atoms. The minimum Gasteiger partial charge on any atom is -0.494 e. The molecule has 2 rings (SSSR count). The van der Waals surface area contributed by atoms with Crippen LogP contribution in [0.3, 0.4) is 0 Å². The zero-order valence-electron chi connectivity index (χ0n) is 16.5. The monoisotopic (exact) mass is 445 g/mol. The summed E-state index contributed by atoms with van der Waals surface area (Å²) >= 11 is 0. The van der Waals surface area contributed by atoms with Crippen molar-refractivity contribution in [1.29, 1.82) is 0 Å². The van der Waals surface area contributed by atoms with Crippen molar-refractivity contribution in [2.75, 3.05) is 22.9 Å². The van der Waals surface area contributed by atoms with Gasteiger partial charge in [-0.3, -0.25) is 4.72 Å². The van der Waals surface area contributed by atoms with Gasteiger partial charge in [0.2, 0.25) is 10.0 Å². The second-order valence-corrected chi connectivity index (χ2v) is 8.37. The van der Waals surface area contributed by atoms with Crippen LogP contribution in [0.25, 0.3) is 0 Å². The molecule has 0 aliphatic carbocycles. The fourth-order valence-corrected chi connectivity index (χ4v) is 3.17. The van der Waals surface area contributed by atoms with Crippen molar-refractivity contribution in [1.82, 2.24) is 5.32 Å². The Bertz CT molecular complexity index is 1010. The molecule has 0 aliphatic rings. The van der Waals surface area contributed by atoms with E-state index in [9.17, 15) is 26.4 Å². The van der Waals surface area contributed by atoms with E-state index in [4.69, 9.17) is 4.74 Å². The van der Waals surface area contributed by atoms with Gasteiger partial charge in [0.15, 0.2) is 0 Å². The van der Waals surface area contributed by atoms with Gasteiger partial charge in [0.1, 0.15) is 5.75 Å². The number of ether oxygens (including phenoxy) is 1. The molecule has 1 unspecified atom stereocenters. The molecule has 0 heterocycles. The standard InChI is InChI=1S/C19H22F3N3O4S/c1-4-30(27,28)25-16-9-8-15(11-17(16)29-3)24-18(26)23-12(2)13-6-5-7-14(10-13)19(20,21)22/h5-12,25H,4H2,1-3H3,(H2,23,24,26). The summed E-state index contributed by atoms with van der Waals surface area (Å²) in [5, 5.41) is 5.09. The van der Waals surface area contributed by atoms with Crippen molar-refractivity contribution < 1.29 is 31.1 Å². The number of sulfonamides is 1. The molecule has 2 aromatic rings. The van der Waals surface area contributed by atoms with Crippen LogP contribution in [0.15, 0.2) is 42.5 Å². The summed E-state index contributed by atoms with van der Waals surface area (Å²) < 4.78 is 69.5. The van der Waals surface area contributed by atoms with E-state index >= 15 is 0 Å². The van der Waals surface area contributed by atoms with Crippen LogP contribution in [0, 0.1) is 0 Å². The van der Waals surface area contributed by atoms with Crippen LogP contribution in [0.1, 0.15) is 31.0 Å². The van der Waals surface area contributed by atoms with E-state index in [1.165, 1.54) is 44.4 Å². The van der Waals surface area contributed by atoms with Crippen molar-refractivity contribution in [3.8, 4) is 5.75 Å². The van der Waals surface area contributed by atoms with E-state index in [1.807, 2.05) is 0 Å². The Labute approximate surface area is 172 Å². The third-order valence-electron chi connectivity index (χ3n) is 4.17. The molecule has 2 amide bonds. The summed E-state index contributed by atoms with van der Waals surface area (Å²) in [6.07, 6.45) is -4.48. The summed E-state index contributed by atoms with van der Waals surface area (Å²) in [5.74, 6) is 0.0715. The minimum absolute atomic E-state index is 0.119. The number of hydrogen-bond acceptors (Lipinski definition) is 4. The number of rotatable bonds is 7. The number of benzene rings is 2. The first kappa shape index (κ1) is 23.3. The molecule has 0 bridgehead atoms. The Balaban J connectivity index is 2.09. The van der Waals surface area contributed by atoms with Crippen molar-refractivity contribution in [3.05, 3.63) is 53.6 Å². The number of hydrogen-bond donors (Lipinski definition) is 3. The Morgan fingerprint density at radius 3 is 2.47 bits per heavy atom. The van der Waals surface area contributed by atoms with Crippen LogP contribution in [0.5, 0.6) is 5.75 Å². The molecule has 11 heteroatoms. The smallest absolute Gasteiger partial charge is 0.416 e. The van der Waals surface area contributed by atoms with E-state index in [-0.39, 0.29) is 17.2 Å². The number of urea groups is 1. The zero-order chi connectivity index (χ0) is 22.5. The molecule has 0 fully saturated rings. The van der Waals surface area contributed by atoms with Gasteiger partial charge in [-0.2, -0.15) is 13.2 Å². The van der Waals surface area contributed by atoms with Gasteiger partial charge in [-0.1, -0.05) is 12.1 Å². The Morgan fingerprint density at radius 2 is 1.87 bits per heavy atom. The molecule has 0 aliphatic heterocycles. The zero-order valence-corrected chi connectivity index (χ0v) is 17.3. The van der Waals surface area contributed by atoms with Crippen LogP contribution in [0.2, 0.25) is 0 Å². The van der Waals surface area contributed by atoms with Gasteiger partial charge in [-0.25, -0.2) is 13.2 Å². The number of halogens is 3. The molecule has 164 valence electrons. The highest BCUT2D eigenvalue weighted by atomic mass is 32.2. The lowest BCUT2D eigenvalue weighted by Crippen LogP contribution is -2.31. The van der Waals surface area contributed by atoms with Crippen LogP contribution < -0.4 is 20.1 Å². The number of methoxy groups -OCH3 is 1. The highest BCUT2D eigenvalue weighted by Gasteiger charge is 2.30. The van der Waals surface area contributed by atoms with Gasteiger partial charge < -0.3 is 15.4 Å². The fraction of sp³-hybridized carbons (Fsp3) is 0.316. The quantitative estimate of drug-likeness (QED) is 0.590. The molecule has 0 saturated heterocycles. The van der Waals surface area contributed by atoms with Crippen LogP contribution in [-0.2, 0) is 16.2 Å². The fourth-order valence-electron chi connectivity index (χ4n) is 2.52. The first-order valence-corrected chi connectivity index (χ1v) is 10.5. The molecule has 0 saturated carbocycles. The van der Waals surface area contributed by atoms with Gasteiger partial charge in [0.25, 0.3) is 0 Å². The van der Waals surface area contributed by atoms with Crippen LogP contribution in [-0.4, -0.2) is 27.3 Å². The summed E-state index contributed by atoms with van der Waals surface area (Å²) in [4.78, 5) is 12.2. The van der Waals surface area contributed by atoms with E-state index in [1.54, 1.807) is 6.92 Å². The third-order valence-corrected chi connectivity index (χ3v) is 5.46. The topological polar surface area (TPSA) is 96.5 Å². The van der Waals surface area contributed by atoms with Crippen molar-refractivity contribution in [2.45, 2.75) is 26.1 Å². The first-order valence-electron chi connectivity index (χ1n) is 8.88. The summed E-state index contributed by atoms with van der Waals surface area (Å²) in [5.41, 5.74) is 0.00784. The third kappa shape index (κ3) is 6.28. The van der Waals surface area contributed by atoms with Gasteiger partial charge in [-0.15, -0.1) is 0 Å². The molecule has 7 nitrogen and oxygen atoms in total. The molecule has 2 aromatic carbocycles. The van der Waals surface area contributed by atoms with Gasteiger partial charge >= 0.3 is 12.2 Å². The molecule has 0 radical (unpaired) electrons. The van der Waals surface area contributed by atoms with E-state index < -0.39 is 33.8 Å². The largest absolute Gasteiger partial charge is 0.494 e. The predicted octanol–water partition coefficient (Wildman–Crippen LogP) is 4.36. The maximum absolute atomic E-state index is 12.9. The second kappa shape index (κ2) is 9.24. The number of alkyl halides is 3. The van der Waals surface area contributed by atoms with Gasteiger partial charge in [0, 0.05) is 11.8 Å². The molecule has 0 aromatic heterocycles. The first-order chi connectivity index (χ1) is 13.9. The van der Waals surface area contributed by atoms with Crippen molar-refractivity contribution >= 4 is 27.4 Å². The molecular formula is C19H22F3N3O4S. The van der Waals surface area contributed by atoms with E-state index in [2.05, 4.69) is 15.4 Å². The lowest BCUT2D eigenvalue weighted by Gasteiger charge is -2.17. The molecular weight excluding hydrogens is 423 g/mol. The highest BCUT2D eigenvalue weighted by Crippen LogP contribution is 2.31. The summed E-state index contributed by atoms with van der Waals surface area (Å²) in [6.45, 7) is 3.04. The van der Waals surface area contributed by atoms with Crippen LogP contribution >= 0.6 is 0 Å². The molecule has 3 N–H and O–H groups in total. The lowest BCUT2D eigenvalue weighted by atomic mass is 10.1. The number of amides is 2. The average molecular weight is 445 g/mol. The summed E-state index contributed by atoms with van der Waals surface area (Å²) in [6, 6.07) is 7.66. The van der Waals surface area contributed by atoms with Crippen molar-refractivity contribution in [2.24, 2.45) is 0 Å². The Kier molecular flexibility index (Phi) is 7.19. The Morgan fingerprint density at radius 1 is 1.17 bits per heavy atom. The van der Waals surface area contributed by atoms with Gasteiger partial charge in [0.05, 0.1) is 30.2 Å². The predicted molar refractivity (Wildman–Crippen MR) is 108 cm³/mol. The van der Waals surface area contributed by atoms with E-state index in [0.29, 0.717) is 11.3 Å². The number of carbonyl (C=O) groups excluding carboxylic acids is 1. The average Bonchev–Trinajstić information content (AvgIpc) is 2.68. The molecule has 1 atom stereocenters. The highest BCUT2D eigenvalue weighted by molar-refractivity contribution is 7.92. The second-order valence-electron chi connectivity index (χ2n) is 6.36. The maximum atomic E-state index is 12.9. The number of nitrogens with one attached hydrogen (secondary N) is 3. The lowest BCUT2D eigenvalue weighted by molar-refractivity contribution is -0.137. The van der Waals surface area contributed by atoms with Crippen molar-refractivity contribution in [3.63, 3.8) is 0 Å².